The molecule has 2 atom stereocenters. The molecule has 1 aromatic carbocycles. The number of halogens is 1. The molecule has 3 saturated carbocycles. The van der Waals surface area contributed by atoms with Crippen LogP contribution >= 0.6 is 0 Å². The molecule has 0 amide bonds. The zero-order valence-electron chi connectivity index (χ0n) is 20.0. The third-order valence-corrected chi connectivity index (χ3v) is 9.10. The van der Waals surface area contributed by atoms with Gasteiger partial charge in [-0.3, -0.25) is 14.2 Å². The molecule has 4 aliphatic carbocycles. The lowest BCUT2D eigenvalue weighted by atomic mass is 9.48. The van der Waals surface area contributed by atoms with Gasteiger partial charge in [0.25, 0.3) is 0 Å². The van der Waals surface area contributed by atoms with Gasteiger partial charge in [-0.2, -0.15) is 0 Å². The molecule has 1 aromatic heterocycles. The molecule has 0 spiro atoms. The van der Waals surface area contributed by atoms with E-state index in [0.717, 1.165) is 49.9 Å². The summed E-state index contributed by atoms with van der Waals surface area (Å²) in [5, 5.41) is 3.57. The number of rotatable bonds is 7. The average molecular weight is 460 g/mol. The molecule has 3 heterocycles. The highest BCUT2D eigenvalue weighted by Crippen LogP contribution is 2.65. The molecule has 4 fully saturated rings. The molecule has 1 saturated heterocycles. The first-order valence-corrected chi connectivity index (χ1v) is 13.1. The highest BCUT2D eigenvalue weighted by Gasteiger charge is 2.63. The van der Waals surface area contributed by atoms with Crippen molar-refractivity contribution in [3.63, 3.8) is 0 Å². The summed E-state index contributed by atoms with van der Waals surface area (Å²) in [5.74, 6) is 1.91. The fourth-order valence-corrected chi connectivity index (χ4v) is 7.46. The van der Waals surface area contributed by atoms with Gasteiger partial charge in [0.2, 0.25) is 0 Å². The maximum atomic E-state index is 12.4. The largest absolute Gasteiger partial charge is 0.377 e. The summed E-state index contributed by atoms with van der Waals surface area (Å²) in [6, 6.07) is 10.0. The molecule has 0 radical (unpaired) electrons. The van der Waals surface area contributed by atoms with Gasteiger partial charge in [0, 0.05) is 31.2 Å². The smallest absolute Gasteiger partial charge is 0.149 e. The molecule has 6 aliphatic rings. The SMILES string of the molecule is C[C@@H]1CC2=C(Cc3ccccc32)[C@@H](c2ncc(NC3CN(CCCF)C3)cn2)N1C12CC(C1)C2. The van der Waals surface area contributed by atoms with E-state index in [1.54, 1.807) is 5.57 Å². The predicted octanol–water partition coefficient (Wildman–Crippen LogP) is 4.63. The van der Waals surface area contributed by atoms with Gasteiger partial charge in [-0.25, -0.2) is 9.97 Å². The lowest BCUT2D eigenvalue weighted by Crippen LogP contribution is -2.71. The van der Waals surface area contributed by atoms with Crippen molar-refractivity contribution in [1.29, 1.82) is 0 Å². The monoisotopic (exact) mass is 459 g/mol. The Kier molecular flexibility index (Phi) is 4.85. The molecule has 34 heavy (non-hydrogen) atoms. The summed E-state index contributed by atoms with van der Waals surface area (Å²) in [7, 11) is 0. The number of fused-ring (bicyclic) bond motifs is 2. The van der Waals surface area contributed by atoms with Crippen molar-refractivity contribution >= 4 is 11.3 Å². The van der Waals surface area contributed by atoms with Crippen LogP contribution in [0, 0.1) is 5.92 Å². The van der Waals surface area contributed by atoms with E-state index in [2.05, 4.69) is 46.3 Å². The van der Waals surface area contributed by atoms with Crippen LogP contribution < -0.4 is 5.32 Å². The standard InChI is InChI=1S/C28H34FN5/c1-18-9-24-23-6-3-2-5-20(23)10-25(24)26(34(18)28-11-19(12-28)13-28)27-30-14-21(15-31-27)32-22-16-33(17-22)8-4-7-29/h2-3,5-6,14-15,18-19,22,26,32H,4,7-13,16-17H2,1H3/t18-,19?,26+,28?/m1/s1. The van der Waals surface area contributed by atoms with Crippen LogP contribution in [0.4, 0.5) is 10.1 Å². The summed E-state index contributed by atoms with van der Waals surface area (Å²) >= 11 is 0. The number of anilines is 1. The van der Waals surface area contributed by atoms with Crippen molar-refractivity contribution in [3.8, 4) is 0 Å². The van der Waals surface area contributed by atoms with Crippen LogP contribution in [0.3, 0.4) is 0 Å². The van der Waals surface area contributed by atoms with Gasteiger partial charge < -0.3 is 5.32 Å². The molecule has 8 rings (SSSR count). The number of aromatic nitrogens is 2. The Balaban J connectivity index is 1.15. The van der Waals surface area contributed by atoms with Crippen LogP contribution in [0.1, 0.15) is 62.0 Å². The van der Waals surface area contributed by atoms with E-state index in [9.17, 15) is 4.39 Å². The first kappa shape index (κ1) is 21.0. The fourth-order valence-electron chi connectivity index (χ4n) is 7.46. The van der Waals surface area contributed by atoms with Crippen LogP contribution in [0.5, 0.6) is 0 Å². The molecule has 2 aromatic rings. The maximum Gasteiger partial charge on any atom is 0.149 e. The van der Waals surface area contributed by atoms with Gasteiger partial charge in [-0.1, -0.05) is 24.3 Å². The minimum absolute atomic E-state index is 0.182. The molecular weight excluding hydrogens is 425 g/mol. The molecule has 0 unspecified atom stereocenters. The number of nitrogens with zero attached hydrogens (tertiary/aromatic N) is 4. The first-order chi connectivity index (χ1) is 16.6. The number of hydrogen-bond acceptors (Lipinski definition) is 5. The van der Waals surface area contributed by atoms with Crippen molar-refractivity contribution < 1.29 is 4.39 Å². The van der Waals surface area contributed by atoms with Gasteiger partial charge in [0.1, 0.15) is 5.82 Å². The average Bonchev–Trinajstić information content (AvgIpc) is 3.12. The summed E-state index contributed by atoms with van der Waals surface area (Å²) < 4.78 is 12.4. The Morgan fingerprint density at radius 1 is 1.12 bits per heavy atom. The van der Waals surface area contributed by atoms with Crippen LogP contribution in [0.25, 0.3) is 5.57 Å². The quantitative estimate of drug-likeness (QED) is 0.654. The molecule has 5 nitrogen and oxygen atoms in total. The van der Waals surface area contributed by atoms with Gasteiger partial charge in [-0.15, -0.1) is 0 Å². The van der Waals surface area contributed by atoms with Gasteiger partial charge >= 0.3 is 0 Å². The molecule has 1 N–H and O–H groups in total. The Labute approximate surface area is 201 Å². The predicted molar refractivity (Wildman–Crippen MR) is 132 cm³/mol. The number of alkyl halides is 1. The second-order valence-electron chi connectivity index (χ2n) is 11.4. The molecule has 2 aliphatic heterocycles. The third kappa shape index (κ3) is 3.18. The minimum atomic E-state index is -0.230. The van der Waals surface area contributed by atoms with E-state index in [0.29, 0.717) is 24.0 Å². The second-order valence-corrected chi connectivity index (χ2v) is 11.4. The zero-order chi connectivity index (χ0) is 22.9. The van der Waals surface area contributed by atoms with E-state index >= 15 is 0 Å². The molecule has 6 heteroatoms. The van der Waals surface area contributed by atoms with Crippen molar-refractivity contribution in [2.75, 3.05) is 31.6 Å². The van der Waals surface area contributed by atoms with Crippen molar-refractivity contribution in [1.82, 2.24) is 19.8 Å². The van der Waals surface area contributed by atoms with E-state index in [4.69, 9.17) is 9.97 Å². The topological polar surface area (TPSA) is 44.3 Å². The Morgan fingerprint density at radius 3 is 2.59 bits per heavy atom. The van der Waals surface area contributed by atoms with Gasteiger partial charge in [0.05, 0.1) is 36.8 Å². The lowest BCUT2D eigenvalue weighted by molar-refractivity contribution is -0.174. The number of hydrogen-bond donors (Lipinski definition) is 1. The van der Waals surface area contributed by atoms with Gasteiger partial charge in [0.15, 0.2) is 0 Å². The molecule has 178 valence electrons. The van der Waals surface area contributed by atoms with Crippen LogP contribution in [-0.2, 0) is 6.42 Å². The number of likely N-dealkylation sites (tertiary alicyclic amines) is 1. The van der Waals surface area contributed by atoms with E-state index in [1.165, 1.54) is 36.0 Å². The molecule has 2 bridgehead atoms. The maximum absolute atomic E-state index is 12.4. The van der Waals surface area contributed by atoms with Crippen molar-refractivity contribution in [2.24, 2.45) is 5.92 Å². The normalized spacial score (nSPS) is 32.5. The van der Waals surface area contributed by atoms with E-state index < -0.39 is 0 Å². The summed E-state index contributed by atoms with van der Waals surface area (Å²) in [6.07, 6.45) is 10.8. The van der Waals surface area contributed by atoms with Crippen LogP contribution in [-0.4, -0.2) is 63.7 Å². The van der Waals surface area contributed by atoms with Crippen molar-refractivity contribution in [3.05, 3.63) is 59.2 Å². The highest BCUT2D eigenvalue weighted by atomic mass is 19.1. The highest BCUT2D eigenvalue weighted by molar-refractivity contribution is 5.78. The van der Waals surface area contributed by atoms with Crippen molar-refractivity contribution in [2.45, 2.75) is 69.1 Å². The Hall–Kier alpha value is -2.31. The van der Waals surface area contributed by atoms with Crippen LogP contribution in [0.15, 0.2) is 42.2 Å². The number of benzene rings is 1. The third-order valence-electron chi connectivity index (χ3n) is 9.10. The zero-order valence-corrected chi connectivity index (χ0v) is 20.0. The van der Waals surface area contributed by atoms with Gasteiger partial charge in [-0.05, 0) is 73.6 Å². The van der Waals surface area contributed by atoms with E-state index in [1.807, 2.05) is 12.4 Å². The summed E-state index contributed by atoms with van der Waals surface area (Å²) in [4.78, 5) is 15.0. The number of nitrogens with one attached hydrogen (secondary N) is 1. The minimum Gasteiger partial charge on any atom is -0.377 e. The Morgan fingerprint density at radius 2 is 1.88 bits per heavy atom. The summed E-state index contributed by atoms with van der Waals surface area (Å²) in [5.41, 5.74) is 7.36. The van der Waals surface area contributed by atoms with Crippen LogP contribution in [0.2, 0.25) is 0 Å². The second kappa shape index (κ2) is 7.85. The fraction of sp³-hybridized carbons (Fsp3) is 0.571. The van der Waals surface area contributed by atoms with E-state index in [-0.39, 0.29) is 12.7 Å². The Bertz CT molecular complexity index is 1100. The summed E-state index contributed by atoms with van der Waals surface area (Å²) in [6.45, 7) is 4.97. The molecular formula is C28H34FN5. The first-order valence-electron chi connectivity index (χ1n) is 13.1. The lowest BCUT2D eigenvalue weighted by Gasteiger charge is -2.70.